The van der Waals surface area contributed by atoms with E-state index in [1.165, 1.54) is 25.3 Å². The number of hydrogen-bond donors (Lipinski definition) is 2. The molecule has 98 valence electrons. The zero-order valence-electron chi connectivity index (χ0n) is 9.87. The first-order valence-electron chi connectivity index (χ1n) is 5.54. The number of anilines is 1. The molecule has 1 atom stereocenters. The van der Waals surface area contributed by atoms with Crippen LogP contribution >= 0.6 is 0 Å². The Morgan fingerprint density at radius 1 is 1.56 bits per heavy atom. The number of carbonyl (C=O) groups excluding carboxylic acids is 1. The summed E-state index contributed by atoms with van der Waals surface area (Å²) < 4.78 is 31.9. The number of nitrogen functional groups attached to an aromatic ring is 1. The number of alkyl halides is 2. The Balaban J connectivity index is 2.41. The van der Waals surface area contributed by atoms with Gasteiger partial charge in [0.25, 0.3) is 5.92 Å². The van der Waals surface area contributed by atoms with Crippen LogP contribution in [-0.2, 0) is 4.74 Å². The summed E-state index contributed by atoms with van der Waals surface area (Å²) in [7, 11) is 1.24. The number of nitrogens with one attached hydrogen (secondary N) is 1. The number of esters is 1. The number of nitrogens with two attached hydrogens (primary N) is 1. The number of rotatable bonds is 2. The van der Waals surface area contributed by atoms with Crippen LogP contribution in [0.15, 0.2) is 18.2 Å². The molecule has 0 aromatic heterocycles. The van der Waals surface area contributed by atoms with Crippen molar-refractivity contribution >= 4 is 11.7 Å². The summed E-state index contributed by atoms with van der Waals surface area (Å²) in [5, 5.41) is 2.71. The van der Waals surface area contributed by atoms with E-state index in [1.54, 1.807) is 0 Å². The minimum absolute atomic E-state index is 0.214. The third kappa shape index (κ3) is 2.15. The molecule has 4 nitrogen and oxygen atoms in total. The first-order valence-corrected chi connectivity index (χ1v) is 5.54. The Morgan fingerprint density at radius 3 is 2.83 bits per heavy atom. The fraction of sp³-hybridized carbons (Fsp3) is 0.417. The van der Waals surface area contributed by atoms with Gasteiger partial charge in [0, 0.05) is 18.7 Å². The molecule has 0 aliphatic carbocycles. The van der Waals surface area contributed by atoms with E-state index in [0.717, 1.165) is 0 Å². The van der Waals surface area contributed by atoms with Crippen molar-refractivity contribution in [2.24, 2.45) is 0 Å². The normalized spacial score (nSPS) is 21.8. The number of ether oxygens (including phenoxy) is 1. The van der Waals surface area contributed by atoms with E-state index in [-0.39, 0.29) is 29.8 Å². The Kier molecular flexibility index (Phi) is 3.21. The van der Waals surface area contributed by atoms with Crippen LogP contribution in [0.3, 0.4) is 0 Å². The zero-order valence-corrected chi connectivity index (χ0v) is 9.87. The third-order valence-electron chi connectivity index (χ3n) is 3.05. The molecular formula is C12H14F2N2O2. The summed E-state index contributed by atoms with van der Waals surface area (Å²) in [4.78, 5) is 11.4. The summed E-state index contributed by atoms with van der Waals surface area (Å²) in [6.07, 6.45) is -0.237. The van der Waals surface area contributed by atoms with E-state index in [9.17, 15) is 13.6 Å². The van der Waals surface area contributed by atoms with Crippen molar-refractivity contribution in [2.45, 2.75) is 18.4 Å². The summed E-state index contributed by atoms with van der Waals surface area (Å²) in [6, 6.07) is 3.11. The van der Waals surface area contributed by atoms with Gasteiger partial charge in [-0.05, 0) is 23.8 Å². The highest BCUT2D eigenvalue weighted by Crippen LogP contribution is 2.40. The van der Waals surface area contributed by atoms with E-state index in [0.29, 0.717) is 0 Å². The smallest absolute Gasteiger partial charge is 0.337 e. The molecule has 1 unspecified atom stereocenters. The van der Waals surface area contributed by atoms with Crippen LogP contribution in [0.5, 0.6) is 0 Å². The second-order valence-corrected chi connectivity index (χ2v) is 4.23. The largest absolute Gasteiger partial charge is 0.465 e. The molecule has 0 amide bonds. The first kappa shape index (κ1) is 12.8. The van der Waals surface area contributed by atoms with Crippen LogP contribution in [-0.4, -0.2) is 25.5 Å². The van der Waals surface area contributed by atoms with Crippen molar-refractivity contribution in [3.05, 3.63) is 29.3 Å². The van der Waals surface area contributed by atoms with Gasteiger partial charge in [0.05, 0.1) is 18.7 Å². The Morgan fingerprint density at radius 2 is 2.28 bits per heavy atom. The Hall–Kier alpha value is -1.69. The van der Waals surface area contributed by atoms with Crippen molar-refractivity contribution in [2.75, 3.05) is 19.4 Å². The van der Waals surface area contributed by atoms with Crippen molar-refractivity contribution in [1.29, 1.82) is 0 Å². The summed E-state index contributed by atoms with van der Waals surface area (Å²) in [6.45, 7) is 0.222. The fourth-order valence-corrected chi connectivity index (χ4v) is 2.08. The van der Waals surface area contributed by atoms with Gasteiger partial charge in [-0.15, -0.1) is 0 Å². The van der Waals surface area contributed by atoms with Gasteiger partial charge in [-0.1, -0.05) is 0 Å². The van der Waals surface area contributed by atoms with E-state index in [2.05, 4.69) is 10.1 Å². The molecule has 1 saturated heterocycles. The van der Waals surface area contributed by atoms with Gasteiger partial charge in [-0.25, -0.2) is 13.6 Å². The van der Waals surface area contributed by atoms with Gasteiger partial charge in [-0.3, -0.25) is 0 Å². The molecular weight excluding hydrogens is 242 g/mol. The minimum atomic E-state index is -2.86. The molecule has 1 heterocycles. The van der Waals surface area contributed by atoms with Gasteiger partial charge in [0.1, 0.15) is 0 Å². The van der Waals surface area contributed by atoms with Crippen LogP contribution in [0, 0.1) is 0 Å². The molecule has 0 spiro atoms. The molecule has 1 aromatic rings. The topological polar surface area (TPSA) is 64.3 Å². The molecule has 0 radical (unpaired) electrons. The van der Waals surface area contributed by atoms with Crippen LogP contribution in [0.25, 0.3) is 0 Å². The van der Waals surface area contributed by atoms with E-state index in [4.69, 9.17) is 5.73 Å². The lowest BCUT2D eigenvalue weighted by Crippen LogP contribution is -2.27. The predicted molar refractivity (Wildman–Crippen MR) is 62.5 cm³/mol. The van der Waals surface area contributed by atoms with Gasteiger partial charge >= 0.3 is 5.97 Å². The lowest BCUT2D eigenvalue weighted by molar-refractivity contribution is -0.0115. The number of carbonyl (C=O) groups is 1. The Bertz CT molecular complexity index is 477. The molecule has 3 N–H and O–H groups in total. The van der Waals surface area contributed by atoms with Crippen LogP contribution < -0.4 is 11.1 Å². The quantitative estimate of drug-likeness (QED) is 0.624. The maximum absolute atomic E-state index is 13.7. The van der Waals surface area contributed by atoms with Gasteiger partial charge < -0.3 is 15.8 Å². The molecule has 6 heteroatoms. The number of benzene rings is 1. The summed E-state index contributed by atoms with van der Waals surface area (Å²) >= 11 is 0. The van der Waals surface area contributed by atoms with Crippen molar-refractivity contribution in [3.8, 4) is 0 Å². The minimum Gasteiger partial charge on any atom is -0.465 e. The standard InChI is InChI=1S/C12H14F2N2O2/c1-18-11(17)7-2-3-9(15)8(6-7)10-12(13,14)4-5-16-10/h2-3,6,10,16H,4-5,15H2,1H3. The molecule has 2 rings (SSSR count). The van der Waals surface area contributed by atoms with Crippen LogP contribution in [0.2, 0.25) is 0 Å². The average molecular weight is 256 g/mol. The molecule has 18 heavy (non-hydrogen) atoms. The molecule has 1 fully saturated rings. The maximum atomic E-state index is 13.7. The lowest BCUT2D eigenvalue weighted by atomic mass is 9.98. The first-order chi connectivity index (χ1) is 8.45. The van der Waals surface area contributed by atoms with E-state index in [1.807, 2.05) is 0 Å². The number of methoxy groups -OCH3 is 1. The SMILES string of the molecule is COC(=O)c1ccc(N)c(C2NCCC2(F)F)c1. The zero-order chi connectivity index (χ0) is 13.3. The van der Waals surface area contributed by atoms with Crippen LogP contribution in [0.4, 0.5) is 14.5 Å². The molecule has 1 aliphatic rings. The summed E-state index contributed by atoms with van der Waals surface area (Å²) in [5.74, 6) is -3.43. The average Bonchev–Trinajstić information content (AvgIpc) is 2.68. The lowest BCUT2D eigenvalue weighted by Gasteiger charge is -2.21. The second kappa shape index (κ2) is 4.53. The van der Waals surface area contributed by atoms with Crippen molar-refractivity contribution < 1.29 is 18.3 Å². The highest BCUT2D eigenvalue weighted by molar-refractivity contribution is 5.90. The highest BCUT2D eigenvalue weighted by Gasteiger charge is 2.45. The predicted octanol–water partition coefficient (Wildman–Crippen LogP) is 1.73. The second-order valence-electron chi connectivity index (χ2n) is 4.23. The van der Waals surface area contributed by atoms with Crippen LogP contribution in [0.1, 0.15) is 28.4 Å². The van der Waals surface area contributed by atoms with Gasteiger partial charge in [-0.2, -0.15) is 0 Å². The maximum Gasteiger partial charge on any atom is 0.337 e. The van der Waals surface area contributed by atoms with Gasteiger partial charge in [0.2, 0.25) is 0 Å². The summed E-state index contributed by atoms with van der Waals surface area (Å²) in [5.41, 5.74) is 6.39. The molecule has 0 bridgehead atoms. The monoisotopic (exact) mass is 256 g/mol. The fourth-order valence-electron chi connectivity index (χ4n) is 2.08. The molecule has 1 aromatic carbocycles. The van der Waals surface area contributed by atoms with Crippen molar-refractivity contribution in [3.63, 3.8) is 0 Å². The Labute approximate surface area is 103 Å². The number of hydrogen-bond acceptors (Lipinski definition) is 4. The van der Waals surface area contributed by atoms with E-state index >= 15 is 0 Å². The molecule has 1 aliphatic heterocycles. The van der Waals surface area contributed by atoms with Crippen molar-refractivity contribution in [1.82, 2.24) is 5.32 Å². The van der Waals surface area contributed by atoms with Gasteiger partial charge in [0.15, 0.2) is 0 Å². The highest BCUT2D eigenvalue weighted by atomic mass is 19.3. The van der Waals surface area contributed by atoms with E-state index < -0.39 is 17.9 Å². The third-order valence-corrected chi connectivity index (χ3v) is 3.05. The molecule has 0 saturated carbocycles. The number of halogens is 2.